The van der Waals surface area contributed by atoms with Crippen LogP contribution < -0.4 is 20.7 Å². The minimum Gasteiger partial charge on any atom is -0.493 e. The number of anilines is 1. The highest BCUT2D eigenvalue weighted by atomic mass is 32.1. The molecule has 0 aliphatic rings. The minimum atomic E-state index is -0.353. The van der Waals surface area contributed by atoms with Crippen molar-refractivity contribution in [3.05, 3.63) is 59.7 Å². The van der Waals surface area contributed by atoms with Gasteiger partial charge in [0.05, 0.1) is 18.8 Å². The Balaban J connectivity index is 1.91. The molecule has 0 spiro atoms. The Morgan fingerprint density at radius 1 is 1.00 bits per heavy atom. The van der Waals surface area contributed by atoms with Gasteiger partial charge in [-0.2, -0.15) is 0 Å². The van der Waals surface area contributed by atoms with Gasteiger partial charge in [0.15, 0.2) is 5.11 Å². The highest BCUT2D eigenvalue weighted by molar-refractivity contribution is 7.80. The number of rotatable bonds is 10. The molecule has 0 aromatic heterocycles. The number of amides is 2. The lowest BCUT2D eigenvalue weighted by molar-refractivity contribution is 0.0935. The lowest BCUT2D eigenvalue weighted by Crippen LogP contribution is -2.34. The molecule has 0 atom stereocenters. The van der Waals surface area contributed by atoms with Crippen LogP contribution in [0, 0.1) is 0 Å². The molecule has 160 valence electrons. The highest BCUT2D eigenvalue weighted by Gasteiger charge is 2.14. The summed E-state index contributed by atoms with van der Waals surface area (Å²) in [5.41, 5.74) is 1.59. The Hall–Kier alpha value is -2.97. The van der Waals surface area contributed by atoms with Crippen LogP contribution in [-0.2, 0) is 4.74 Å². The first kappa shape index (κ1) is 23.3. The van der Waals surface area contributed by atoms with Gasteiger partial charge in [-0.05, 0) is 55.0 Å². The fourth-order valence-corrected chi connectivity index (χ4v) is 2.72. The number of carbonyl (C=O) groups is 2. The van der Waals surface area contributed by atoms with Gasteiger partial charge in [-0.25, -0.2) is 0 Å². The van der Waals surface area contributed by atoms with E-state index in [0.717, 1.165) is 12.8 Å². The van der Waals surface area contributed by atoms with Gasteiger partial charge in [-0.15, -0.1) is 0 Å². The van der Waals surface area contributed by atoms with Crippen LogP contribution in [0.15, 0.2) is 48.5 Å². The van der Waals surface area contributed by atoms with Crippen LogP contribution in [0.4, 0.5) is 5.69 Å². The van der Waals surface area contributed by atoms with E-state index < -0.39 is 0 Å². The second-order valence-corrected chi connectivity index (χ2v) is 6.84. The van der Waals surface area contributed by atoms with Crippen LogP contribution in [-0.4, -0.2) is 43.8 Å². The zero-order valence-electron chi connectivity index (χ0n) is 17.2. The van der Waals surface area contributed by atoms with Crippen molar-refractivity contribution in [1.29, 1.82) is 0 Å². The molecule has 0 fully saturated rings. The normalized spacial score (nSPS) is 10.2. The molecule has 2 aromatic rings. The van der Waals surface area contributed by atoms with E-state index >= 15 is 0 Å². The van der Waals surface area contributed by atoms with E-state index in [1.54, 1.807) is 49.6 Å². The van der Waals surface area contributed by atoms with Crippen LogP contribution in [0.5, 0.6) is 5.75 Å². The van der Waals surface area contributed by atoms with Crippen LogP contribution >= 0.6 is 12.2 Å². The van der Waals surface area contributed by atoms with Gasteiger partial charge in [0.1, 0.15) is 5.75 Å². The van der Waals surface area contributed by atoms with Crippen molar-refractivity contribution >= 4 is 34.8 Å². The third-order valence-electron chi connectivity index (χ3n) is 4.11. The molecule has 30 heavy (non-hydrogen) atoms. The number of hydrogen-bond donors (Lipinski definition) is 3. The van der Waals surface area contributed by atoms with E-state index in [4.69, 9.17) is 21.7 Å². The second kappa shape index (κ2) is 12.6. The molecule has 0 unspecified atom stereocenters. The zero-order valence-corrected chi connectivity index (χ0v) is 18.0. The summed E-state index contributed by atoms with van der Waals surface area (Å²) < 4.78 is 10.6. The van der Waals surface area contributed by atoms with E-state index in [2.05, 4.69) is 22.9 Å². The van der Waals surface area contributed by atoms with Crippen molar-refractivity contribution in [2.45, 2.75) is 19.8 Å². The number of benzene rings is 2. The number of thiocarbonyl (C=S) groups is 1. The molecular weight excluding hydrogens is 402 g/mol. The molecule has 2 aromatic carbocycles. The maximum atomic E-state index is 12.6. The minimum absolute atomic E-state index is 0.153. The molecule has 0 bridgehead atoms. The first-order chi connectivity index (χ1) is 14.5. The molecule has 2 amide bonds. The van der Waals surface area contributed by atoms with Crippen LogP contribution in [0.2, 0.25) is 0 Å². The lowest BCUT2D eigenvalue weighted by atomic mass is 10.2. The summed E-state index contributed by atoms with van der Waals surface area (Å²) in [6.45, 7) is 3.52. The van der Waals surface area contributed by atoms with Crippen LogP contribution in [0.3, 0.4) is 0 Å². The molecule has 0 saturated carbocycles. The van der Waals surface area contributed by atoms with Crippen LogP contribution in [0.25, 0.3) is 0 Å². The standard InChI is InChI=1S/C22H27N3O4S/c1-3-4-14-29-19-8-6-5-7-18(19)21(27)25-22(30)24-17-11-9-16(10-12-17)20(26)23-13-15-28-2/h5-12H,3-4,13-15H2,1-2H3,(H,23,26)(H2,24,25,27,30). The number of hydrogen-bond acceptors (Lipinski definition) is 5. The summed E-state index contributed by atoms with van der Waals surface area (Å²) in [5.74, 6) is -0.0158. The number of para-hydroxylation sites is 1. The lowest BCUT2D eigenvalue weighted by Gasteiger charge is -2.13. The molecule has 0 saturated heterocycles. The summed E-state index contributed by atoms with van der Waals surface area (Å²) >= 11 is 5.24. The molecular formula is C22H27N3O4S. The van der Waals surface area contributed by atoms with Crippen molar-refractivity contribution in [3.8, 4) is 5.75 Å². The maximum Gasteiger partial charge on any atom is 0.261 e. The number of nitrogens with one attached hydrogen (secondary N) is 3. The van der Waals surface area contributed by atoms with Gasteiger partial charge in [0.2, 0.25) is 0 Å². The summed E-state index contributed by atoms with van der Waals surface area (Å²) in [6, 6.07) is 13.8. The quantitative estimate of drug-likeness (QED) is 0.396. The Morgan fingerprint density at radius 3 is 2.43 bits per heavy atom. The third-order valence-corrected chi connectivity index (χ3v) is 4.32. The fourth-order valence-electron chi connectivity index (χ4n) is 2.51. The Kier molecular flexibility index (Phi) is 9.76. The van der Waals surface area contributed by atoms with E-state index in [1.165, 1.54) is 0 Å². The van der Waals surface area contributed by atoms with Gasteiger partial charge < -0.3 is 20.1 Å². The largest absolute Gasteiger partial charge is 0.493 e. The van der Waals surface area contributed by atoms with Gasteiger partial charge in [0.25, 0.3) is 11.8 Å². The summed E-state index contributed by atoms with van der Waals surface area (Å²) in [5, 5.41) is 8.50. The smallest absolute Gasteiger partial charge is 0.261 e. The molecule has 0 radical (unpaired) electrons. The van der Waals surface area contributed by atoms with Gasteiger partial charge in [-0.3, -0.25) is 14.9 Å². The van der Waals surface area contributed by atoms with E-state index in [1.807, 2.05) is 6.07 Å². The highest BCUT2D eigenvalue weighted by Crippen LogP contribution is 2.18. The van der Waals surface area contributed by atoms with E-state index in [9.17, 15) is 9.59 Å². The summed E-state index contributed by atoms with van der Waals surface area (Å²) in [6.07, 6.45) is 1.92. The van der Waals surface area contributed by atoms with Gasteiger partial charge in [-0.1, -0.05) is 25.5 Å². The van der Waals surface area contributed by atoms with E-state index in [0.29, 0.717) is 42.3 Å². The summed E-state index contributed by atoms with van der Waals surface area (Å²) in [7, 11) is 1.58. The Morgan fingerprint density at radius 2 is 1.73 bits per heavy atom. The monoisotopic (exact) mass is 429 g/mol. The van der Waals surface area contributed by atoms with Crippen molar-refractivity contribution in [2.75, 3.05) is 32.2 Å². The maximum absolute atomic E-state index is 12.6. The predicted octanol–water partition coefficient (Wildman–Crippen LogP) is 3.37. The predicted molar refractivity (Wildman–Crippen MR) is 121 cm³/mol. The number of methoxy groups -OCH3 is 1. The first-order valence-corrected chi connectivity index (χ1v) is 10.2. The first-order valence-electron chi connectivity index (χ1n) is 9.76. The number of ether oxygens (including phenoxy) is 2. The molecule has 0 heterocycles. The summed E-state index contributed by atoms with van der Waals surface area (Å²) in [4.78, 5) is 24.6. The van der Waals surface area contributed by atoms with Crippen molar-refractivity contribution in [1.82, 2.24) is 10.6 Å². The molecule has 3 N–H and O–H groups in total. The average molecular weight is 430 g/mol. The molecule has 0 aliphatic heterocycles. The Labute approximate surface area is 182 Å². The van der Waals surface area contributed by atoms with Gasteiger partial charge in [0, 0.05) is 24.9 Å². The average Bonchev–Trinajstić information content (AvgIpc) is 2.74. The fraction of sp³-hybridized carbons (Fsp3) is 0.318. The van der Waals surface area contributed by atoms with Crippen molar-refractivity contribution in [3.63, 3.8) is 0 Å². The second-order valence-electron chi connectivity index (χ2n) is 6.43. The molecule has 7 nitrogen and oxygen atoms in total. The molecule has 8 heteroatoms. The SMILES string of the molecule is CCCCOc1ccccc1C(=O)NC(=S)Nc1ccc(C(=O)NCCOC)cc1. The Bertz CT molecular complexity index is 856. The van der Waals surface area contributed by atoms with Crippen molar-refractivity contribution in [2.24, 2.45) is 0 Å². The van der Waals surface area contributed by atoms with Gasteiger partial charge >= 0.3 is 0 Å². The van der Waals surface area contributed by atoms with Crippen LogP contribution in [0.1, 0.15) is 40.5 Å². The van der Waals surface area contributed by atoms with E-state index in [-0.39, 0.29) is 16.9 Å². The zero-order chi connectivity index (χ0) is 21.8. The third kappa shape index (κ3) is 7.46. The topological polar surface area (TPSA) is 88.7 Å². The number of unbranched alkanes of at least 4 members (excludes halogenated alkanes) is 1. The van der Waals surface area contributed by atoms with Crippen molar-refractivity contribution < 1.29 is 19.1 Å². The molecule has 2 rings (SSSR count). The molecule has 0 aliphatic carbocycles. The number of carbonyl (C=O) groups excluding carboxylic acids is 2.